The number of aromatic hydroxyl groups is 1. The lowest BCUT2D eigenvalue weighted by Gasteiger charge is -2.16. The van der Waals surface area contributed by atoms with Gasteiger partial charge in [-0.05, 0) is 59.4 Å². The number of rotatable bonds is 4. The molecule has 0 aliphatic carbocycles. The van der Waals surface area contributed by atoms with Gasteiger partial charge in [0, 0.05) is 17.1 Å². The van der Waals surface area contributed by atoms with Gasteiger partial charge >= 0.3 is 0 Å². The lowest BCUT2D eigenvalue weighted by atomic mass is 10.0. The van der Waals surface area contributed by atoms with E-state index in [0.717, 1.165) is 22.3 Å². The molecule has 172 valence electrons. The molecule has 0 saturated carbocycles. The number of aliphatic imine (C=N–C) groups is 2. The summed E-state index contributed by atoms with van der Waals surface area (Å²) in [5.74, 6) is 0.473. The fraction of sp³-hybridized carbons (Fsp3) is 0.179. The summed E-state index contributed by atoms with van der Waals surface area (Å²) < 4.78 is 0. The van der Waals surface area contributed by atoms with Gasteiger partial charge in [-0.25, -0.2) is 4.99 Å². The maximum Gasteiger partial charge on any atom is 0.229 e. The summed E-state index contributed by atoms with van der Waals surface area (Å²) in [5.41, 5.74) is 5.29. The normalized spacial score (nSPS) is 14.0. The van der Waals surface area contributed by atoms with Crippen LogP contribution in [0.1, 0.15) is 28.7 Å². The minimum atomic E-state index is -0.183. The van der Waals surface area contributed by atoms with Crippen LogP contribution >= 0.6 is 11.6 Å². The number of phenolic OH excluding ortho intramolecular Hbond substituents is 1. The number of amidine groups is 1. The lowest BCUT2D eigenvalue weighted by Crippen LogP contribution is -2.38. The Balaban J connectivity index is 1.65. The first-order chi connectivity index (χ1) is 16.5. The molecule has 34 heavy (non-hydrogen) atoms. The predicted octanol–water partition coefficient (Wildman–Crippen LogP) is 5.45. The fourth-order valence-electron chi connectivity index (χ4n) is 3.81. The Morgan fingerprint density at radius 3 is 2.50 bits per heavy atom. The summed E-state index contributed by atoms with van der Waals surface area (Å²) in [5, 5.41) is 13.5. The van der Waals surface area contributed by atoms with Crippen molar-refractivity contribution in [3.63, 3.8) is 0 Å². The van der Waals surface area contributed by atoms with Gasteiger partial charge in [0.15, 0.2) is 5.84 Å². The highest BCUT2D eigenvalue weighted by Gasteiger charge is 2.17. The molecule has 0 bridgehead atoms. The van der Waals surface area contributed by atoms with Gasteiger partial charge in [0.2, 0.25) is 5.91 Å². The Bertz CT molecular complexity index is 1250. The Hall–Kier alpha value is -3.70. The molecule has 0 spiro atoms. The molecule has 1 amide bonds. The molecule has 0 radical (unpaired) electrons. The quantitative estimate of drug-likeness (QED) is 0.531. The van der Waals surface area contributed by atoms with Gasteiger partial charge in [-0.15, -0.1) is 0 Å². The third-order valence-corrected chi connectivity index (χ3v) is 5.86. The molecule has 0 aromatic heterocycles. The van der Waals surface area contributed by atoms with Crippen molar-refractivity contribution in [2.75, 3.05) is 0 Å². The number of allylic oxidation sites excluding steroid dienone is 1. The standard InChI is InChI=1S/C28H26ClN3O2/c1-19-7-10-22-17-25(33)14-11-23(22)18-30-26(15-20-5-3-2-4-6-20)28(31-19)32-27(34)16-21-8-12-24(29)13-9-21/h2-6,8-9,11-14,17,33H,1,7,10,15-16,18H2,(H,31,32,34). The second kappa shape index (κ2) is 10.9. The summed E-state index contributed by atoms with van der Waals surface area (Å²) in [6.07, 6.45) is 2.00. The molecule has 1 aliphatic heterocycles. The second-order valence-electron chi connectivity index (χ2n) is 8.26. The smallest absolute Gasteiger partial charge is 0.229 e. The number of amides is 1. The Morgan fingerprint density at radius 2 is 1.74 bits per heavy atom. The summed E-state index contributed by atoms with van der Waals surface area (Å²) in [4.78, 5) is 22.5. The van der Waals surface area contributed by atoms with Gasteiger partial charge in [-0.2, -0.15) is 0 Å². The maximum absolute atomic E-state index is 12.9. The molecule has 1 heterocycles. The molecule has 0 atom stereocenters. The molecular weight excluding hydrogens is 446 g/mol. The number of aryl methyl sites for hydroxylation is 1. The molecule has 0 fully saturated rings. The molecule has 4 rings (SSSR count). The van der Waals surface area contributed by atoms with Gasteiger partial charge < -0.3 is 10.4 Å². The summed E-state index contributed by atoms with van der Waals surface area (Å²) in [6.45, 7) is 4.53. The van der Waals surface area contributed by atoms with Crippen molar-refractivity contribution in [3.05, 3.63) is 112 Å². The van der Waals surface area contributed by atoms with Gasteiger partial charge in [-0.3, -0.25) is 9.79 Å². The van der Waals surface area contributed by atoms with Crippen molar-refractivity contribution < 1.29 is 9.90 Å². The molecule has 0 saturated heterocycles. The Labute approximate surface area is 204 Å². The molecular formula is C28H26ClN3O2. The zero-order valence-corrected chi connectivity index (χ0v) is 19.6. The van der Waals surface area contributed by atoms with Crippen molar-refractivity contribution in [2.24, 2.45) is 9.98 Å². The predicted molar refractivity (Wildman–Crippen MR) is 138 cm³/mol. The number of benzene rings is 3. The number of carbonyl (C=O) groups is 1. The van der Waals surface area contributed by atoms with E-state index in [2.05, 4.69) is 16.9 Å². The van der Waals surface area contributed by atoms with E-state index in [-0.39, 0.29) is 18.1 Å². The summed E-state index contributed by atoms with van der Waals surface area (Å²) >= 11 is 5.96. The van der Waals surface area contributed by atoms with E-state index >= 15 is 0 Å². The average molecular weight is 472 g/mol. The average Bonchev–Trinajstić information content (AvgIpc) is 2.82. The van der Waals surface area contributed by atoms with Crippen molar-refractivity contribution in [1.82, 2.24) is 5.32 Å². The van der Waals surface area contributed by atoms with Gasteiger partial charge in [0.25, 0.3) is 0 Å². The zero-order valence-electron chi connectivity index (χ0n) is 18.8. The van der Waals surface area contributed by atoms with Crippen LogP contribution < -0.4 is 5.32 Å². The monoisotopic (exact) mass is 471 g/mol. The number of halogens is 1. The minimum absolute atomic E-state index is 0.183. The first kappa shape index (κ1) is 23.5. The van der Waals surface area contributed by atoms with Crippen LogP contribution in [0.3, 0.4) is 0 Å². The van der Waals surface area contributed by atoms with E-state index in [1.54, 1.807) is 24.3 Å². The summed E-state index contributed by atoms with van der Waals surface area (Å²) in [6, 6.07) is 22.5. The largest absolute Gasteiger partial charge is 0.508 e. The van der Waals surface area contributed by atoms with E-state index in [4.69, 9.17) is 16.6 Å². The lowest BCUT2D eigenvalue weighted by molar-refractivity contribution is -0.119. The molecule has 3 aromatic carbocycles. The van der Waals surface area contributed by atoms with E-state index < -0.39 is 0 Å². The third-order valence-electron chi connectivity index (χ3n) is 5.61. The number of hydrogen-bond acceptors (Lipinski definition) is 4. The van der Waals surface area contributed by atoms with Crippen molar-refractivity contribution in [3.8, 4) is 5.75 Å². The molecule has 6 heteroatoms. The van der Waals surface area contributed by atoms with Crippen molar-refractivity contribution in [1.29, 1.82) is 0 Å². The highest BCUT2D eigenvalue weighted by atomic mass is 35.5. The molecule has 3 aromatic rings. The highest BCUT2D eigenvalue weighted by Crippen LogP contribution is 2.22. The number of phenols is 1. The van der Waals surface area contributed by atoms with E-state index in [9.17, 15) is 9.90 Å². The van der Waals surface area contributed by atoms with Gasteiger partial charge in [0.05, 0.1) is 18.7 Å². The summed E-state index contributed by atoms with van der Waals surface area (Å²) in [7, 11) is 0. The van der Waals surface area contributed by atoms with Crippen LogP contribution in [-0.2, 0) is 30.6 Å². The SMILES string of the molecule is C=C1CCc2cc(O)ccc2CN=C(Cc2ccccc2)C(NC(=O)Cc2ccc(Cl)cc2)=N1. The van der Waals surface area contributed by atoms with Crippen LogP contribution in [0.5, 0.6) is 5.75 Å². The van der Waals surface area contributed by atoms with Gasteiger partial charge in [-0.1, -0.05) is 66.7 Å². The number of fused-ring (bicyclic) bond motifs is 1. The highest BCUT2D eigenvalue weighted by molar-refractivity contribution is 6.44. The zero-order chi connectivity index (χ0) is 23.9. The number of hydrogen-bond donors (Lipinski definition) is 2. The van der Waals surface area contributed by atoms with Crippen LogP contribution in [0.4, 0.5) is 0 Å². The van der Waals surface area contributed by atoms with Gasteiger partial charge in [0.1, 0.15) is 5.75 Å². The van der Waals surface area contributed by atoms with Crippen molar-refractivity contribution >= 4 is 29.1 Å². The molecule has 2 N–H and O–H groups in total. The van der Waals surface area contributed by atoms with Crippen LogP contribution in [0.25, 0.3) is 0 Å². The molecule has 1 aliphatic rings. The first-order valence-corrected chi connectivity index (χ1v) is 11.5. The van der Waals surface area contributed by atoms with Crippen LogP contribution in [0.2, 0.25) is 5.02 Å². The minimum Gasteiger partial charge on any atom is -0.508 e. The van der Waals surface area contributed by atoms with Crippen LogP contribution in [0.15, 0.2) is 95.1 Å². The van der Waals surface area contributed by atoms with Crippen molar-refractivity contribution in [2.45, 2.75) is 32.2 Å². The Morgan fingerprint density at radius 1 is 0.971 bits per heavy atom. The molecule has 5 nitrogen and oxygen atoms in total. The van der Waals surface area contributed by atoms with Crippen LogP contribution in [0, 0.1) is 0 Å². The Kier molecular flexibility index (Phi) is 7.55. The first-order valence-electron chi connectivity index (χ1n) is 11.2. The van der Waals surface area contributed by atoms with E-state index in [1.807, 2.05) is 48.5 Å². The second-order valence-corrected chi connectivity index (χ2v) is 8.69. The maximum atomic E-state index is 12.9. The number of nitrogens with zero attached hydrogens (tertiary/aromatic N) is 2. The fourth-order valence-corrected chi connectivity index (χ4v) is 3.93. The third kappa shape index (κ3) is 6.42. The topological polar surface area (TPSA) is 74.1 Å². The molecule has 0 unspecified atom stereocenters. The number of carbonyl (C=O) groups excluding carboxylic acids is 1. The van der Waals surface area contributed by atoms with Crippen LogP contribution in [-0.4, -0.2) is 22.6 Å². The number of nitrogens with one attached hydrogen (secondary N) is 1. The van der Waals surface area contributed by atoms with E-state index in [1.165, 1.54) is 0 Å². The van der Waals surface area contributed by atoms with E-state index in [0.29, 0.717) is 48.1 Å².